The zero-order valence-corrected chi connectivity index (χ0v) is 18.9. The van der Waals surface area contributed by atoms with Crippen LogP contribution in [0.1, 0.15) is 29.5 Å². The standard InChI is InChI=1S/C25H29N5O3/c1-19-7-5-6-10-21(19)27-11-13-28(14-12-27)23(31)17-22-24-26-30(18-20-8-3-2-4-9-20)25(32)29(24)15-16-33-22/h2-10,22H,11-18H2,1H3. The third-order valence-electron chi connectivity index (χ3n) is 6.50. The van der Waals surface area contributed by atoms with Crippen molar-refractivity contribution in [1.82, 2.24) is 19.2 Å². The van der Waals surface area contributed by atoms with E-state index in [1.807, 2.05) is 41.3 Å². The van der Waals surface area contributed by atoms with Gasteiger partial charge in [0, 0.05) is 31.9 Å². The fourth-order valence-corrected chi connectivity index (χ4v) is 4.68. The molecule has 1 aromatic heterocycles. The number of fused-ring (bicyclic) bond motifs is 1. The van der Waals surface area contributed by atoms with Crippen molar-refractivity contribution in [3.05, 3.63) is 82.0 Å². The van der Waals surface area contributed by atoms with Crippen molar-refractivity contribution in [2.45, 2.75) is 32.5 Å². The first-order valence-electron chi connectivity index (χ1n) is 11.5. The molecule has 1 saturated heterocycles. The molecule has 0 saturated carbocycles. The number of hydrogen-bond acceptors (Lipinski definition) is 5. The second-order valence-corrected chi connectivity index (χ2v) is 8.65. The van der Waals surface area contributed by atoms with Crippen molar-refractivity contribution in [2.24, 2.45) is 0 Å². The molecule has 2 aromatic carbocycles. The number of aromatic nitrogens is 3. The lowest BCUT2D eigenvalue weighted by Gasteiger charge is -2.37. The summed E-state index contributed by atoms with van der Waals surface area (Å²) in [5, 5.41) is 4.55. The Kier molecular flexibility index (Phi) is 6.00. The number of anilines is 1. The van der Waals surface area contributed by atoms with Gasteiger partial charge in [-0.15, -0.1) is 0 Å². The van der Waals surface area contributed by atoms with Crippen molar-refractivity contribution >= 4 is 11.6 Å². The number of carbonyl (C=O) groups excluding carboxylic acids is 1. The fourth-order valence-electron chi connectivity index (χ4n) is 4.68. The Bertz CT molecular complexity index is 1180. The molecular formula is C25H29N5O3. The Hall–Kier alpha value is -3.39. The molecule has 0 spiro atoms. The molecule has 0 N–H and O–H groups in total. The molecule has 8 heteroatoms. The van der Waals surface area contributed by atoms with Gasteiger partial charge in [0.25, 0.3) is 0 Å². The van der Waals surface area contributed by atoms with Gasteiger partial charge in [-0.3, -0.25) is 9.36 Å². The van der Waals surface area contributed by atoms with E-state index in [1.54, 1.807) is 4.57 Å². The van der Waals surface area contributed by atoms with Gasteiger partial charge in [-0.2, -0.15) is 5.10 Å². The van der Waals surface area contributed by atoms with Crippen LogP contribution in [0, 0.1) is 6.92 Å². The third kappa shape index (κ3) is 4.43. The quantitative estimate of drug-likeness (QED) is 0.600. The van der Waals surface area contributed by atoms with E-state index < -0.39 is 6.10 Å². The number of para-hydroxylation sites is 1. The van der Waals surface area contributed by atoms with Crippen LogP contribution < -0.4 is 10.6 Å². The van der Waals surface area contributed by atoms with Gasteiger partial charge >= 0.3 is 5.69 Å². The second-order valence-electron chi connectivity index (χ2n) is 8.65. The van der Waals surface area contributed by atoms with E-state index in [4.69, 9.17) is 4.74 Å². The molecule has 3 heterocycles. The van der Waals surface area contributed by atoms with Crippen LogP contribution in [0.15, 0.2) is 59.4 Å². The molecule has 172 valence electrons. The highest BCUT2D eigenvalue weighted by Crippen LogP contribution is 2.25. The summed E-state index contributed by atoms with van der Waals surface area (Å²) in [6.45, 7) is 6.35. The number of aryl methyl sites for hydroxylation is 1. The molecular weight excluding hydrogens is 418 g/mol. The number of carbonyl (C=O) groups is 1. The monoisotopic (exact) mass is 447 g/mol. The maximum Gasteiger partial charge on any atom is 0.346 e. The molecule has 3 aromatic rings. The molecule has 2 aliphatic heterocycles. The number of benzene rings is 2. The summed E-state index contributed by atoms with van der Waals surface area (Å²) >= 11 is 0. The van der Waals surface area contributed by atoms with Crippen LogP contribution in [0.2, 0.25) is 0 Å². The van der Waals surface area contributed by atoms with Gasteiger partial charge in [0.2, 0.25) is 5.91 Å². The molecule has 1 amide bonds. The van der Waals surface area contributed by atoms with Gasteiger partial charge in [0.15, 0.2) is 5.82 Å². The van der Waals surface area contributed by atoms with E-state index in [0.717, 1.165) is 18.7 Å². The third-order valence-corrected chi connectivity index (χ3v) is 6.50. The summed E-state index contributed by atoms with van der Waals surface area (Å²) in [6, 6.07) is 18.1. The SMILES string of the molecule is Cc1ccccc1N1CCN(C(=O)CC2OCCn3c2nn(Cc2ccccc2)c3=O)CC1. The minimum absolute atomic E-state index is 0.0444. The second kappa shape index (κ2) is 9.23. The number of nitrogens with zero attached hydrogens (tertiary/aromatic N) is 5. The lowest BCUT2D eigenvalue weighted by molar-refractivity contribution is -0.135. The van der Waals surface area contributed by atoms with Gasteiger partial charge in [-0.1, -0.05) is 48.5 Å². The molecule has 0 bridgehead atoms. The minimum Gasteiger partial charge on any atom is -0.368 e. The predicted octanol–water partition coefficient (Wildman–Crippen LogP) is 2.21. The Morgan fingerprint density at radius 3 is 2.48 bits per heavy atom. The van der Waals surface area contributed by atoms with E-state index in [1.165, 1.54) is 15.9 Å². The summed E-state index contributed by atoms with van der Waals surface area (Å²) in [7, 11) is 0. The number of rotatable bonds is 5. The zero-order chi connectivity index (χ0) is 22.8. The van der Waals surface area contributed by atoms with E-state index >= 15 is 0 Å². The summed E-state index contributed by atoms with van der Waals surface area (Å²) < 4.78 is 9.02. The van der Waals surface area contributed by atoms with Crippen LogP contribution in [0.3, 0.4) is 0 Å². The fraction of sp³-hybridized carbons (Fsp3) is 0.400. The smallest absolute Gasteiger partial charge is 0.346 e. The first-order chi connectivity index (χ1) is 16.1. The highest BCUT2D eigenvalue weighted by molar-refractivity contribution is 5.77. The highest BCUT2D eigenvalue weighted by atomic mass is 16.5. The lowest BCUT2D eigenvalue weighted by atomic mass is 10.1. The van der Waals surface area contributed by atoms with Gasteiger partial charge in [0.1, 0.15) is 6.10 Å². The topological polar surface area (TPSA) is 72.6 Å². The van der Waals surface area contributed by atoms with Crippen molar-refractivity contribution in [1.29, 1.82) is 0 Å². The van der Waals surface area contributed by atoms with Crippen LogP contribution in [0.5, 0.6) is 0 Å². The molecule has 2 aliphatic rings. The average molecular weight is 448 g/mol. The largest absolute Gasteiger partial charge is 0.368 e. The number of hydrogen-bond donors (Lipinski definition) is 0. The van der Waals surface area contributed by atoms with Gasteiger partial charge in [-0.25, -0.2) is 9.48 Å². The molecule has 1 unspecified atom stereocenters. The summed E-state index contributed by atoms with van der Waals surface area (Å²) in [5.74, 6) is 0.594. The molecule has 8 nitrogen and oxygen atoms in total. The normalized spacial score (nSPS) is 18.3. The van der Waals surface area contributed by atoms with Crippen molar-refractivity contribution < 1.29 is 9.53 Å². The maximum absolute atomic E-state index is 13.1. The van der Waals surface area contributed by atoms with Gasteiger partial charge < -0.3 is 14.5 Å². The highest BCUT2D eigenvalue weighted by Gasteiger charge is 2.31. The van der Waals surface area contributed by atoms with Crippen LogP contribution in [0.25, 0.3) is 0 Å². The summed E-state index contributed by atoms with van der Waals surface area (Å²) in [5.41, 5.74) is 3.33. The van der Waals surface area contributed by atoms with Crippen LogP contribution in [-0.2, 0) is 22.6 Å². The van der Waals surface area contributed by atoms with Crippen LogP contribution in [0.4, 0.5) is 5.69 Å². The van der Waals surface area contributed by atoms with Gasteiger partial charge in [-0.05, 0) is 24.1 Å². The van der Waals surface area contributed by atoms with Gasteiger partial charge in [0.05, 0.1) is 26.1 Å². The summed E-state index contributed by atoms with van der Waals surface area (Å²) in [6.07, 6.45) is -0.294. The van der Waals surface area contributed by atoms with E-state index in [-0.39, 0.29) is 18.0 Å². The van der Waals surface area contributed by atoms with E-state index in [2.05, 4.69) is 35.1 Å². The first-order valence-corrected chi connectivity index (χ1v) is 11.5. The molecule has 5 rings (SSSR count). The molecule has 0 aliphatic carbocycles. The maximum atomic E-state index is 13.1. The first kappa shape index (κ1) is 21.5. The van der Waals surface area contributed by atoms with E-state index in [9.17, 15) is 9.59 Å². The number of amides is 1. The molecule has 1 atom stereocenters. The van der Waals surface area contributed by atoms with Crippen molar-refractivity contribution in [3.8, 4) is 0 Å². The number of ether oxygens (including phenoxy) is 1. The Balaban J connectivity index is 1.25. The Morgan fingerprint density at radius 2 is 1.73 bits per heavy atom. The Morgan fingerprint density at radius 1 is 1.00 bits per heavy atom. The number of piperazine rings is 1. The van der Waals surface area contributed by atoms with E-state index in [0.29, 0.717) is 38.6 Å². The molecule has 33 heavy (non-hydrogen) atoms. The molecule has 0 radical (unpaired) electrons. The predicted molar refractivity (Wildman–Crippen MR) is 125 cm³/mol. The minimum atomic E-state index is -0.495. The average Bonchev–Trinajstić information content (AvgIpc) is 3.16. The van der Waals surface area contributed by atoms with Crippen LogP contribution in [-0.4, -0.2) is 57.9 Å². The summed E-state index contributed by atoms with van der Waals surface area (Å²) in [4.78, 5) is 30.2. The van der Waals surface area contributed by atoms with Crippen LogP contribution >= 0.6 is 0 Å². The van der Waals surface area contributed by atoms with Crippen molar-refractivity contribution in [3.63, 3.8) is 0 Å². The zero-order valence-electron chi connectivity index (χ0n) is 18.9. The molecule has 1 fully saturated rings. The Labute approximate surface area is 193 Å². The van der Waals surface area contributed by atoms with Crippen molar-refractivity contribution in [2.75, 3.05) is 37.7 Å². The lowest BCUT2D eigenvalue weighted by Crippen LogP contribution is -2.49.